The van der Waals surface area contributed by atoms with Gasteiger partial charge in [-0.25, -0.2) is 0 Å². The second-order valence-corrected chi connectivity index (χ2v) is 5.79. The van der Waals surface area contributed by atoms with Gasteiger partial charge in [-0.3, -0.25) is 0 Å². The highest BCUT2D eigenvalue weighted by atomic mass is 16.5. The number of anilines is 3. The molecule has 1 aromatic heterocycles. The quantitative estimate of drug-likeness (QED) is 0.862. The van der Waals surface area contributed by atoms with Crippen LogP contribution in [0.3, 0.4) is 0 Å². The number of nitrogens with zero attached hydrogens (tertiary/aromatic N) is 4. The number of nitrogens with one attached hydrogen (secondary N) is 2. The second kappa shape index (κ2) is 6.21. The second-order valence-electron chi connectivity index (χ2n) is 5.79. The van der Waals surface area contributed by atoms with E-state index in [9.17, 15) is 0 Å². The third-order valence-electron chi connectivity index (χ3n) is 2.74. The fourth-order valence-corrected chi connectivity index (χ4v) is 1.90. The predicted octanol–water partition coefficient (Wildman–Crippen LogP) is 1.35. The standard InChI is InChI=1S/C13H24N6O/c1-5-14-10-15-11(18-13(2,3)4)17-12(16-10)19-6-8-20-9-7-19/h5-9H2,1-4H3,(H2,14,15,16,17,18). The molecular formula is C13H24N6O. The van der Waals surface area contributed by atoms with Crippen molar-refractivity contribution >= 4 is 17.8 Å². The normalized spacial score (nSPS) is 16.1. The molecule has 7 heteroatoms. The lowest BCUT2D eigenvalue weighted by molar-refractivity contribution is 0.122. The SMILES string of the molecule is CCNc1nc(NC(C)(C)C)nc(N2CCOCC2)n1. The fraction of sp³-hybridized carbons (Fsp3) is 0.769. The first-order valence-corrected chi connectivity index (χ1v) is 7.09. The van der Waals surface area contributed by atoms with Crippen LogP contribution in [0.2, 0.25) is 0 Å². The zero-order valence-electron chi connectivity index (χ0n) is 12.7. The smallest absolute Gasteiger partial charge is 0.232 e. The van der Waals surface area contributed by atoms with Gasteiger partial charge in [-0.15, -0.1) is 0 Å². The van der Waals surface area contributed by atoms with Crippen LogP contribution in [-0.4, -0.2) is 53.3 Å². The number of hydrogen-bond donors (Lipinski definition) is 2. The van der Waals surface area contributed by atoms with E-state index >= 15 is 0 Å². The Kier molecular flexibility index (Phi) is 4.59. The van der Waals surface area contributed by atoms with Gasteiger partial charge >= 0.3 is 0 Å². The number of hydrogen-bond acceptors (Lipinski definition) is 7. The van der Waals surface area contributed by atoms with Gasteiger partial charge in [0.2, 0.25) is 17.8 Å². The maximum atomic E-state index is 5.37. The molecule has 2 heterocycles. The van der Waals surface area contributed by atoms with E-state index in [1.54, 1.807) is 0 Å². The summed E-state index contributed by atoms with van der Waals surface area (Å²) in [5, 5.41) is 6.45. The van der Waals surface area contributed by atoms with Crippen LogP contribution in [0.1, 0.15) is 27.7 Å². The van der Waals surface area contributed by atoms with Gasteiger partial charge in [0.25, 0.3) is 0 Å². The molecule has 0 spiro atoms. The van der Waals surface area contributed by atoms with Gasteiger partial charge in [-0.1, -0.05) is 0 Å². The van der Waals surface area contributed by atoms with E-state index < -0.39 is 0 Å². The first-order chi connectivity index (χ1) is 9.48. The molecule has 7 nitrogen and oxygen atoms in total. The molecule has 1 aromatic rings. The van der Waals surface area contributed by atoms with Gasteiger partial charge in [0, 0.05) is 25.2 Å². The van der Waals surface area contributed by atoms with Crippen LogP contribution in [0.4, 0.5) is 17.8 Å². The molecule has 112 valence electrons. The molecule has 20 heavy (non-hydrogen) atoms. The molecule has 1 aliphatic heterocycles. The summed E-state index contributed by atoms with van der Waals surface area (Å²) in [7, 11) is 0. The fourth-order valence-electron chi connectivity index (χ4n) is 1.90. The molecular weight excluding hydrogens is 256 g/mol. The van der Waals surface area contributed by atoms with E-state index in [1.807, 2.05) is 6.92 Å². The minimum atomic E-state index is -0.0902. The van der Waals surface area contributed by atoms with Gasteiger partial charge in [-0.05, 0) is 27.7 Å². The highest BCUT2D eigenvalue weighted by molar-refractivity contribution is 5.44. The minimum Gasteiger partial charge on any atom is -0.378 e. The first-order valence-electron chi connectivity index (χ1n) is 7.09. The van der Waals surface area contributed by atoms with E-state index in [1.165, 1.54) is 0 Å². The molecule has 0 atom stereocenters. The Morgan fingerprint density at radius 2 is 1.75 bits per heavy atom. The van der Waals surface area contributed by atoms with Crippen molar-refractivity contribution in [2.45, 2.75) is 33.2 Å². The number of rotatable bonds is 4. The van der Waals surface area contributed by atoms with E-state index in [4.69, 9.17) is 4.74 Å². The lowest BCUT2D eigenvalue weighted by atomic mass is 10.1. The summed E-state index contributed by atoms with van der Waals surface area (Å²) >= 11 is 0. The third kappa shape index (κ3) is 4.19. The number of ether oxygens (including phenoxy) is 1. The Balaban J connectivity index is 2.25. The van der Waals surface area contributed by atoms with Crippen LogP contribution < -0.4 is 15.5 Å². The highest BCUT2D eigenvalue weighted by Gasteiger charge is 2.18. The largest absolute Gasteiger partial charge is 0.378 e. The maximum Gasteiger partial charge on any atom is 0.232 e. The zero-order chi connectivity index (χ0) is 14.6. The summed E-state index contributed by atoms with van der Waals surface area (Å²) in [6, 6.07) is 0. The van der Waals surface area contributed by atoms with Gasteiger partial charge < -0.3 is 20.3 Å². The monoisotopic (exact) mass is 280 g/mol. The van der Waals surface area contributed by atoms with Gasteiger partial charge in [-0.2, -0.15) is 15.0 Å². The molecule has 0 aromatic carbocycles. The summed E-state index contributed by atoms with van der Waals surface area (Å²) in [5.74, 6) is 1.91. The maximum absolute atomic E-state index is 5.37. The van der Waals surface area contributed by atoms with Crippen molar-refractivity contribution < 1.29 is 4.74 Å². The molecule has 0 radical (unpaired) electrons. The van der Waals surface area contributed by atoms with Crippen molar-refractivity contribution in [3.8, 4) is 0 Å². The molecule has 1 aliphatic rings. The number of morpholine rings is 1. The van der Waals surface area contributed by atoms with Crippen molar-refractivity contribution in [2.24, 2.45) is 0 Å². The molecule has 2 N–H and O–H groups in total. The molecule has 0 bridgehead atoms. The molecule has 1 saturated heterocycles. The van der Waals surface area contributed by atoms with Crippen molar-refractivity contribution in [3.05, 3.63) is 0 Å². The minimum absolute atomic E-state index is 0.0902. The summed E-state index contributed by atoms with van der Waals surface area (Å²) in [5.41, 5.74) is -0.0902. The van der Waals surface area contributed by atoms with Crippen molar-refractivity contribution in [1.82, 2.24) is 15.0 Å². The lowest BCUT2D eigenvalue weighted by Gasteiger charge is -2.28. The first kappa shape index (κ1) is 14.8. The van der Waals surface area contributed by atoms with Crippen molar-refractivity contribution in [3.63, 3.8) is 0 Å². The summed E-state index contributed by atoms with van der Waals surface area (Å²) < 4.78 is 5.37. The van der Waals surface area contributed by atoms with E-state index in [2.05, 4.69) is 51.3 Å². The van der Waals surface area contributed by atoms with Crippen LogP contribution >= 0.6 is 0 Å². The van der Waals surface area contributed by atoms with Gasteiger partial charge in [0.15, 0.2) is 0 Å². The Morgan fingerprint density at radius 3 is 2.35 bits per heavy atom. The average molecular weight is 280 g/mol. The molecule has 2 rings (SSSR count). The third-order valence-corrected chi connectivity index (χ3v) is 2.74. The Bertz CT molecular complexity index is 439. The predicted molar refractivity (Wildman–Crippen MR) is 80.4 cm³/mol. The van der Waals surface area contributed by atoms with E-state index in [0.717, 1.165) is 19.6 Å². The summed E-state index contributed by atoms with van der Waals surface area (Å²) in [6.45, 7) is 12.1. The molecule has 0 unspecified atom stereocenters. The number of aromatic nitrogens is 3. The lowest BCUT2D eigenvalue weighted by Crippen LogP contribution is -2.38. The Labute approximate surface area is 120 Å². The molecule has 0 aliphatic carbocycles. The van der Waals surface area contributed by atoms with E-state index in [-0.39, 0.29) is 5.54 Å². The average Bonchev–Trinajstić information content (AvgIpc) is 2.38. The molecule has 1 fully saturated rings. The summed E-state index contributed by atoms with van der Waals surface area (Å²) in [4.78, 5) is 15.5. The van der Waals surface area contributed by atoms with Gasteiger partial charge in [0.05, 0.1) is 13.2 Å². The van der Waals surface area contributed by atoms with Crippen LogP contribution in [0.25, 0.3) is 0 Å². The van der Waals surface area contributed by atoms with Crippen molar-refractivity contribution in [2.75, 3.05) is 48.4 Å². The van der Waals surface area contributed by atoms with Crippen LogP contribution in [0, 0.1) is 0 Å². The van der Waals surface area contributed by atoms with E-state index in [0.29, 0.717) is 31.1 Å². The van der Waals surface area contributed by atoms with Crippen molar-refractivity contribution in [1.29, 1.82) is 0 Å². The molecule has 0 saturated carbocycles. The molecule has 0 amide bonds. The van der Waals surface area contributed by atoms with Crippen LogP contribution in [0.5, 0.6) is 0 Å². The zero-order valence-corrected chi connectivity index (χ0v) is 12.7. The summed E-state index contributed by atoms with van der Waals surface area (Å²) in [6.07, 6.45) is 0. The Hall–Kier alpha value is -1.63. The van der Waals surface area contributed by atoms with Crippen LogP contribution in [0.15, 0.2) is 0 Å². The Morgan fingerprint density at radius 1 is 1.10 bits per heavy atom. The topological polar surface area (TPSA) is 75.2 Å². The highest BCUT2D eigenvalue weighted by Crippen LogP contribution is 2.17. The van der Waals surface area contributed by atoms with Crippen LogP contribution in [-0.2, 0) is 4.74 Å². The van der Waals surface area contributed by atoms with Gasteiger partial charge in [0.1, 0.15) is 0 Å².